The standard InChI is InChI=1S/C32H50N4O4S2/c1-23-36(31(39)40-32(2,3)4)28(22-42-23)30(38)34-27(21-41-20-25-13-9-6-10-14-25)29(37)33-26-15-17-35(18-16-26)19-24-11-7-5-8-12-24/h5,7-8,11-12,23,25-28H,6,9-10,13-22H2,1-4H3,(H,33,37)(H,34,38). The average molecular weight is 619 g/mol. The Kier molecular flexibility index (Phi) is 12.3. The third-order valence-corrected chi connectivity index (χ3v) is 10.8. The van der Waals surface area contributed by atoms with Crippen molar-refractivity contribution in [3.05, 3.63) is 35.9 Å². The van der Waals surface area contributed by atoms with Gasteiger partial charge < -0.3 is 15.4 Å². The molecule has 0 radical (unpaired) electrons. The molecule has 3 aliphatic rings. The van der Waals surface area contributed by atoms with Crippen LogP contribution in [0.1, 0.15) is 78.2 Å². The molecule has 3 atom stereocenters. The van der Waals surface area contributed by atoms with Gasteiger partial charge in [0.15, 0.2) is 0 Å². The number of nitrogens with zero attached hydrogens (tertiary/aromatic N) is 2. The maximum Gasteiger partial charge on any atom is 0.411 e. The van der Waals surface area contributed by atoms with Crippen LogP contribution in [-0.2, 0) is 20.9 Å². The molecule has 10 heteroatoms. The number of carbonyl (C=O) groups excluding carboxylic acids is 3. The van der Waals surface area contributed by atoms with Crippen molar-refractivity contribution in [1.82, 2.24) is 20.4 Å². The number of likely N-dealkylation sites (tertiary alicyclic amines) is 1. The van der Waals surface area contributed by atoms with Crippen LogP contribution in [0.5, 0.6) is 0 Å². The number of hydrogen-bond donors (Lipinski definition) is 2. The molecule has 1 aromatic rings. The lowest BCUT2D eigenvalue weighted by atomic mass is 9.91. The molecule has 3 fully saturated rings. The summed E-state index contributed by atoms with van der Waals surface area (Å²) in [6.45, 7) is 10.2. The van der Waals surface area contributed by atoms with Crippen LogP contribution in [0.3, 0.4) is 0 Å². The number of amides is 3. The van der Waals surface area contributed by atoms with Crippen molar-refractivity contribution in [3.8, 4) is 0 Å². The second-order valence-corrected chi connectivity index (χ2v) is 15.4. The van der Waals surface area contributed by atoms with Crippen LogP contribution in [-0.4, -0.2) is 87.2 Å². The maximum atomic E-state index is 13.6. The van der Waals surface area contributed by atoms with Crippen LogP contribution in [0.2, 0.25) is 0 Å². The monoisotopic (exact) mass is 618 g/mol. The van der Waals surface area contributed by atoms with E-state index in [1.165, 1.54) is 42.6 Å². The molecule has 42 heavy (non-hydrogen) atoms. The molecule has 4 rings (SSSR count). The normalized spacial score (nSPS) is 23.4. The molecule has 1 aromatic carbocycles. The van der Waals surface area contributed by atoms with Crippen molar-refractivity contribution in [3.63, 3.8) is 0 Å². The third kappa shape index (κ3) is 10.1. The van der Waals surface area contributed by atoms with E-state index in [4.69, 9.17) is 4.74 Å². The highest BCUT2D eigenvalue weighted by atomic mass is 32.2. The summed E-state index contributed by atoms with van der Waals surface area (Å²) in [7, 11) is 0. The second kappa shape index (κ2) is 15.7. The van der Waals surface area contributed by atoms with Crippen molar-refractivity contribution in [2.75, 3.05) is 30.3 Å². The van der Waals surface area contributed by atoms with Crippen LogP contribution >= 0.6 is 23.5 Å². The molecule has 1 saturated carbocycles. The summed E-state index contributed by atoms with van der Waals surface area (Å²) >= 11 is 3.32. The molecule has 2 N–H and O–H groups in total. The SMILES string of the molecule is CC1SCC(C(=O)NC(CSCC2CCCCC2)C(=O)NC2CCN(Cc3ccccc3)CC2)N1C(=O)OC(C)(C)C. The van der Waals surface area contributed by atoms with Gasteiger partial charge in [0.2, 0.25) is 11.8 Å². The smallest absolute Gasteiger partial charge is 0.411 e. The molecule has 3 amide bonds. The molecular weight excluding hydrogens is 569 g/mol. The summed E-state index contributed by atoms with van der Waals surface area (Å²) < 4.78 is 5.61. The molecule has 1 aliphatic carbocycles. The molecule has 0 aromatic heterocycles. The molecule has 2 heterocycles. The zero-order valence-electron chi connectivity index (χ0n) is 25.8. The number of ether oxygens (including phenoxy) is 1. The first-order chi connectivity index (χ1) is 20.1. The quantitative estimate of drug-likeness (QED) is 0.370. The predicted molar refractivity (Wildman–Crippen MR) is 172 cm³/mol. The van der Waals surface area contributed by atoms with Gasteiger partial charge in [0.25, 0.3) is 0 Å². The number of piperidine rings is 1. The fourth-order valence-electron chi connectivity index (χ4n) is 5.97. The molecule has 8 nitrogen and oxygen atoms in total. The van der Waals surface area contributed by atoms with E-state index in [-0.39, 0.29) is 23.2 Å². The fraction of sp³-hybridized carbons (Fsp3) is 0.719. The van der Waals surface area contributed by atoms with Crippen molar-refractivity contribution in [2.45, 2.75) is 108 Å². The molecular formula is C32H50N4O4S2. The maximum absolute atomic E-state index is 13.6. The zero-order chi connectivity index (χ0) is 30.1. The van der Waals surface area contributed by atoms with Crippen LogP contribution < -0.4 is 10.6 Å². The van der Waals surface area contributed by atoms with Gasteiger partial charge >= 0.3 is 6.09 Å². The van der Waals surface area contributed by atoms with Gasteiger partial charge in [-0.1, -0.05) is 49.6 Å². The lowest BCUT2D eigenvalue weighted by Gasteiger charge is -2.33. The minimum atomic E-state index is -0.667. The largest absolute Gasteiger partial charge is 0.444 e. The first-order valence-electron chi connectivity index (χ1n) is 15.7. The lowest BCUT2D eigenvalue weighted by molar-refractivity contribution is -0.131. The highest BCUT2D eigenvalue weighted by molar-refractivity contribution is 8.00. The Bertz CT molecular complexity index is 1020. The molecule has 0 spiro atoms. The summed E-state index contributed by atoms with van der Waals surface area (Å²) in [4.78, 5) is 44.1. The predicted octanol–water partition coefficient (Wildman–Crippen LogP) is 5.26. The Morgan fingerprint density at radius 2 is 1.74 bits per heavy atom. The summed E-state index contributed by atoms with van der Waals surface area (Å²) in [6.07, 6.45) is 7.67. The molecule has 234 valence electrons. The Labute approximate surface area is 260 Å². The third-order valence-electron chi connectivity index (χ3n) is 8.31. The molecule has 3 unspecified atom stereocenters. The average Bonchev–Trinajstić information content (AvgIpc) is 3.35. The molecule has 2 aliphatic heterocycles. The lowest BCUT2D eigenvalue weighted by Crippen LogP contribution is -2.57. The van der Waals surface area contributed by atoms with Crippen LogP contribution in [0.4, 0.5) is 4.79 Å². The van der Waals surface area contributed by atoms with E-state index in [0.717, 1.165) is 38.2 Å². The van der Waals surface area contributed by atoms with Crippen LogP contribution in [0.25, 0.3) is 0 Å². The first kappa shape index (κ1) is 33.0. The van der Waals surface area contributed by atoms with Gasteiger partial charge in [-0.3, -0.25) is 19.4 Å². The fourth-order valence-corrected chi connectivity index (χ4v) is 8.41. The minimum Gasteiger partial charge on any atom is -0.444 e. The van der Waals surface area contributed by atoms with Gasteiger partial charge in [-0.2, -0.15) is 11.8 Å². The van der Waals surface area contributed by atoms with E-state index in [1.807, 2.05) is 33.8 Å². The van der Waals surface area contributed by atoms with Crippen molar-refractivity contribution < 1.29 is 19.1 Å². The summed E-state index contributed by atoms with van der Waals surface area (Å²) in [5.41, 5.74) is 0.650. The van der Waals surface area contributed by atoms with Crippen molar-refractivity contribution in [1.29, 1.82) is 0 Å². The van der Waals surface area contributed by atoms with Gasteiger partial charge in [-0.05, 0) is 70.6 Å². The van der Waals surface area contributed by atoms with Crippen molar-refractivity contribution in [2.24, 2.45) is 5.92 Å². The highest BCUT2D eigenvalue weighted by Gasteiger charge is 2.42. The van der Waals surface area contributed by atoms with Gasteiger partial charge in [-0.25, -0.2) is 4.79 Å². The number of hydrogen-bond acceptors (Lipinski definition) is 7. The van der Waals surface area contributed by atoms with E-state index in [9.17, 15) is 14.4 Å². The Morgan fingerprint density at radius 3 is 2.40 bits per heavy atom. The van der Waals surface area contributed by atoms with Crippen molar-refractivity contribution >= 4 is 41.4 Å². The topological polar surface area (TPSA) is 91.0 Å². The van der Waals surface area contributed by atoms with Gasteiger partial charge in [0.1, 0.15) is 17.7 Å². The van der Waals surface area contributed by atoms with E-state index in [1.54, 1.807) is 23.5 Å². The summed E-state index contributed by atoms with van der Waals surface area (Å²) in [5, 5.41) is 6.13. The van der Waals surface area contributed by atoms with Crippen LogP contribution in [0.15, 0.2) is 30.3 Å². The number of nitrogens with one attached hydrogen (secondary N) is 2. The van der Waals surface area contributed by atoms with Crippen LogP contribution in [0, 0.1) is 5.92 Å². The Balaban J connectivity index is 1.34. The van der Waals surface area contributed by atoms with Gasteiger partial charge in [0.05, 0.1) is 5.37 Å². The van der Waals surface area contributed by atoms with E-state index >= 15 is 0 Å². The number of benzene rings is 1. The number of carbonyl (C=O) groups is 3. The minimum absolute atomic E-state index is 0.0904. The summed E-state index contributed by atoms with van der Waals surface area (Å²) in [6, 6.07) is 9.26. The van der Waals surface area contributed by atoms with E-state index in [2.05, 4.69) is 39.8 Å². The zero-order valence-corrected chi connectivity index (χ0v) is 27.4. The second-order valence-electron chi connectivity index (χ2n) is 13.0. The van der Waals surface area contributed by atoms with Gasteiger partial charge in [-0.15, -0.1) is 11.8 Å². The van der Waals surface area contributed by atoms with Gasteiger partial charge in [0, 0.05) is 37.2 Å². The van der Waals surface area contributed by atoms with E-state index in [0.29, 0.717) is 17.4 Å². The first-order valence-corrected chi connectivity index (χ1v) is 17.9. The summed E-state index contributed by atoms with van der Waals surface area (Å²) in [5.74, 6) is 2.31. The number of rotatable bonds is 10. The highest BCUT2D eigenvalue weighted by Crippen LogP contribution is 2.31. The molecule has 0 bridgehead atoms. The molecule has 2 saturated heterocycles. The van der Waals surface area contributed by atoms with E-state index < -0.39 is 23.8 Å². The Hall–Kier alpha value is -1.91. The Morgan fingerprint density at radius 1 is 1.05 bits per heavy atom. The number of thioether (sulfide) groups is 2.